The van der Waals surface area contributed by atoms with Crippen LogP contribution in [-0.2, 0) is 4.79 Å². The van der Waals surface area contributed by atoms with Gasteiger partial charge in [0.15, 0.2) is 0 Å². The zero-order valence-corrected chi connectivity index (χ0v) is 9.47. The summed E-state index contributed by atoms with van der Waals surface area (Å²) in [5, 5.41) is 2.86. The number of hydrogen-bond acceptors (Lipinski definition) is 3. The molecule has 0 saturated carbocycles. The smallest absolute Gasteiger partial charge is 0.249 e. The summed E-state index contributed by atoms with van der Waals surface area (Å²) in [5.41, 5.74) is 1.65. The van der Waals surface area contributed by atoms with Crippen LogP contribution < -0.4 is 5.32 Å². The number of anilines is 1. The molecule has 0 radical (unpaired) electrons. The number of carbonyl (C=O) groups is 1. The minimum absolute atomic E-state index is 0.0441. The van der Waals surface area contributed by atoms with Crippen LogP contribution in [0.1, 0.15) is 25.8 Å². The predicted octanol–water partition coefficient (Wildman–Crippen LogP) is 1.87. The van der Waals surface area contributed by atoms with Gasteiger partial charge in [0, 0.05) is 18.0 Å². The molecule has 4 nitrogen and oxygen atoms in total. The highest BCUT2D eigenvalue weighted by atomic mass is 16.2. The summed E-state index contributed by atoms with van der Waals surface area (Å²) in [6.07, 6.45) is 6.04. The van der Waals surface area contributed by atoms with Gasteiger partial charge >= 0.3 is 0 Å². The fraction of sp³-hybridized carbons (Fsp3) is 0.417. The Kier molecular flexibility index (Phi) is 2.99. The lowest BCUT2D eigenvalue weighted by Crippen LogP contribution is -2.30. The number of carbonyl (C=O) groups excluding carboxylic acids is 1. The minimum Gasteiger partial charge on any atom is -0.322 e. The van der Waals surface area contributed by atoms with E-state index in [1.165, 1.54) is 0 Å². The molecule has 2 rings (SSSR count). The Hall–Kier alpha value is -1.71. The number of rotatable bonds is 2. The Bertz CT molecular complexity index is 428. The first-order valence-corrected chi connectivity index (χ1v) is 5.50. The highest BCUT2D eigenvalue weighted by Gasteiger charge is 2.25. The second-order valence-corrected chi connectivity index (χ2v) is 4.06. The largest absolute Gasteiger partial charge is 0.322 e. The molecular weight excluding hydrogens is 202 g/mol. The van der Waals surface area contributed by atoms with Crippen LogP contribution in [0.5, 0.6) is 0 Å². The molecule has 0 spiro atoms. The third kappa shape index (κ3) is 1.96. The van der Waals surface area contributed by atoms with Gasteiger partial charge < -0.3 is 5.32 Å². The van der Waals surface area contributed by atoms with Crippen LogP contribution in [0.3, 0.4) is 0 Å². The van der Waals surface area contributed by atoms with E-state index in [-0.39, 0.29) is 17.9 Å². The van der Waals surface area contributed by atoms with E-state index in [2.05, 4.69) is 22.2 Å². The molecule has 2 atom stereocenters. The Morgan fingerprint density at radius 2 is 2.38 bits per heavy atom. The molecule has 2 heterocycles. The number of amides is 1. The first-order chi connectivity index (χ1) is 7.72. The van der Waals surface area contributed by atoms with Crippen molar-refractivity contribution >= 4 is 17.8 Å². The fourth-order valence-corrected chi connectivity index (χ4v) is 1.69. The van der Waals surface area contributed by atoms with E-state index in [1.807, 2.05) is 13.0 Å². The van der Waals surface area contributed by atoms with E-state index in [1.54, 1.807) is 18.6 Å². The van der Waals surface area contributed by atoms with Crippen molar-refractivity contribution < 1.29 is 4.79 Å². The SMILES string of the molecule is CCC(C)[C@@H]1N=Cc2ccncc2NC1=O. The summed E-state index contributed by atoms with van der Waals surface area (Å²) in [6, 6.07) is 1.55. The van der Waals surface area contributed by atoms with Gasteiger partial charge in [-0.15, -0.1) is 0 Å². The summed E-state index contributed by atoms with van der Waals surface area (Å²) < 4.78 is 0. The van der Waals surface area contributed by atoms with Gasteiger partial charge in [-0.3, -0.25) is 14.8 Å². The van der Waals surface area contributed by atoms with Gasteiger partial charge in [0.25, 0.3) is 0 Å². The van der Waals surface area contributed by atoms with Gasteiger partial charge in [-0.05, 0) is 12.0 Å². The van der Waals surface area contributed by atoms with Crippen molar-refractivity contribution in [3.05, 3.63) is 24.0 Å². The Morgan fingerprint density at radius 3 is 3.12 bits per heavy atom. The molecule has 0 bridgehead atoms. The van der Waals surface area contributed by atoms with Crippen molar-refractivity contribution in [1.29, 1.82) is 0 Å². The second kappa shape index (κ2) is 4.43. The maximum Gasteiger partial charge on any atom is 0.249 e. The highest BCUT2D eigenvalue weighted by Crippen LogP contribution is 2.20. The quantitative estimate of drug-likeness (QED) is 0.822. The van der Waals surface area contributed by atoms with E-state index in [9.17, 15) is 4.79 Å². The average molecular weight is 217 g/mol. The molecule has 1 amide bonds. The van der Waals surface area contributed by atoms with Crippen molar-refractivity contribution in [3.8, 4) is 0 Å². The topological polar surface area (TPSA) is 54.4 Å². The minimum atomic E-state index is -0.294. The molecule has 1 aliphatic rings. The van der Waals surface area contributed by atoms with Gasteiger partial charge in [-0.25, -0.2) is 0 Å². The summed E-state index contributed by atoms with van der Waals surface area (Å²) >= 11 is 0. The standard InChI is InChI=1S/C12H15N3O/c1-3-8(2)11-12(16)15-10-7-13-5-4-9(10)6-14-11/h4-8,11H,3H2,1-2H3,(H,15,16)/t8?,11-/m0/s1. The summed E-state index contributed by atoms with van der Waals surface area (Å²) in [4.78, 5) is 20.3. The van der Waals surface area contributed by atoms with Crippen LogP contribution >= 0.6 is 0 Å². The van der Waals surface area contributed by atoms with E-state index in [0.717, 1.165) is 17.7 Å². The molecule has 0 saturated heterocycles. The Morgan fingerprint density at radius 1 is 1.56 bits per heavy atom. The van der Waals surface area contributed by atoms with E-state index in [4.69, 9.17) is 0 Å². The van der Waals surface area contributed by atoms with Crippen LogP contribution in [0.15, 0.2) is 23.5 Å². The van der Waals surface area contributed by atoms with Crippen LogP contribution in [0.25, 0.3) is 0 Å². The van der Waals surface area contributed by atoms with E-state index in [0.29, 0.717) is 0 Å². The average Bonchev–Trinajstić information content (AvgIpc) is 2.46. The number of nitrogens with zero attached hydrogens (tertiary/aromatic N) is 2. The van der Waals surface area contributed by atoms with Crippen molar-refractivity contribution in [3.63, 3.8) is 0 Å². The molecule has 1 N–H and O–H groups in total. The fourth-order valence-electron chi connectivity index (χ4n) is 1.69. The zero-order chi connectivity index (χ0) is 11.5. The first-order valence-electron chi connectivity index (χ1n) is 5.50. The van der Waals surface area contributed by atoms with E-state index >= 15 is 0 Å². The van der Waals surface area contributed by atoms with Gasteiger partial charge in [-0.1, -0.05) is 20.3 Å². The summed E-state index contributed by atoms with van der Waals surface area (Å²) in [7, 11) is 0. The lowest BCUT2D eigenvalue weighted by molar-refractivity contribution is -0.118. The number of pyridine rings is 1. The van der Waals surface area contributed by atoms with Crippen molar-refractivity contribution in [1.82, 2.24) is 4.98 Å². The van der Waals surface area contributed by atoms with E-state index < -0.39 is 0 Å². The number of fused-ring (bicyclic) bond motifs is 1. The van der Waals surface area contributed by atoms with Crippen molar-refractivity contribution in [2.45, 2.75) is 26.3 Å². The molecule has 16 heavy (non-hydrogen) atoms. The van der Waals surface area contributed by atoms with Gasteiger partial charge in [0.2, 0.25) is 5.91 Å². The molecule has 0 aliphatic carbocycles. The Balaban J connectivity index is 2.31. The molecule has 1 unspecified atom stereocenters. The normalized spacial score (nSPS) is 20.9. The predicted molar refractivity (Wildman–Crippen MR) is 63.7 cm³/mol. The summed E-state index contributed by atoms with van der Waals surface area (Å²) in [5.74, 6) is 0.205. The molecule has 0 aromatic carbocycles. The maximum atomic E-state index is 11.9. The lowest BCUT2D eigenvalue weighted by Gasteiger charge is -2.16. The van der Waals surface area contributed by atoms with Gasteiger partial charge in [0.1, 0.15) is 6.04 Å². The molecule has 0 fully saturated rings. The monoisotopic (exact) mass is 217 g/mol. The molecule has 1 aliphatic heterocycles. The molecule has 84 valence electrons. The lowest BCUT2D eigenvalue weighted by atomic mass is 9.99. The number of aromatic nitrogens is 1. The first kappa shape index (κ1) is 10.8. The van der Waals surface area contributed by atoms with Crippen LogP contribution in [0.2, 0.25) is 0 Å². The van der Waals surface area contributed by atoms with Gasteiger partial charge in [0.05, 0.1) is 11.9 Å². The van der Waals surface area contributed by atoms with Crippen molar-refractivity contribution in [2.75, 3.05) is 5.32 Å². The Labute approximate surface area is 94.8 Å². The molecule has 1 aromatic heterocycles. The maximum absolute atomic E-state index is 11.9. The molecular formula is C12H15N3O. The zero-order valence-electron chi connectivity index (χ0n) is 9.47. The number of aliphatic imine (C=N–C) groups is 1. The van der Waals surface area contributed by atoms with Crippen molar-refractivity contribution in [2.24, 2.45) is 10.9 Å². The summed E-state index contributed by atoms with van der Waals surface area (Å²) in [6.45, 7) is 4.10. The van der Waals surface area contributed by atoms with Crippen LogP contribution in [0.4, 0.5) is 5.69 Å². The number of nitrogens with one attached hydrogen (secondary N) is 1. The third-order valence-electron chi connectivity index (χ3n) is 2.94. The van der Waals surface area contributed by atoms with Crippen LogP contribution in [0, 0.1) is 5.92 Å². The molecule has 1 aromatic rings. The highest BCUT2D eigenvalue weighted by molar-refractivity contribution is 6.03. The molecule has 4 heteroatoms. The van der Waals surface area contributed by atoms with Gasteiger partial charge in [-0.2, -0.15) is 0 Å². The second-order valence-electron chi connectivity index (χ2n) is 4.06. The third-order valence-corrected chi connectivity index (χ3v) is 2.94. The number of hydrogen-bond donors (Lipinski definition) is 1. The van der Waals surface area contributed by atoms with Crippen LogP contribution in [-0.4, -0.2) is 23.1 Å².